The van der Waals surface area contributed by atoms with E-state index in [2.05, 4.69) is 16.9 Å². The van der Waals surface area contributed by atoms with Crippen LogP contribution in [-0.4, -0.2) is 48.4 Å². The van der Waals surface area contributed by atoms with Crippen LogP contribution >= 0.6 is 11.6 Å². The summed E-state index contributed by atoms with van der Waals surface area (Å²) in [7, 11) is 1.85. The number of halogens is 5. The first kappa shape index (κ1) is 18.9. The van der Waals surface area contributed by atoms with E-state index in [1.165, 1.54) is 12.1 Å². The van der Waals surface area contributed by atoms with Crippen LogP contribution < -0.4 is 5.32 Å². The van der Waals surface area contributed by atoms with Crippen LogP contribution in [0.4, 0.5) is 23.2 Å². The molecule has 0 saturated carbocycles. The Morgan fingerprint density at radius 1 is 1.35 bits per heavy atom. The first-order valence-corrected chi connectivity index (χ1v) is 8.49. The molecule has 1 N–H and O–H groups in total. The van der Waals surface area contributed by atoms with Crippen LogP contribution in [0, 0.1) is 0 Å². The monoisotopic (exact) mass is 387 g/mol. The lowest BCUT2D eigenvalue weighted by atomic mass is 10.0. The largest absolute Gasteiger partial charge is 0.417 e. The second-order valence-electron chi connectivity index (χ2n) is 6.49. The highest BCUT2D eigenvalue weighted by Crippen LogP contribution is 2.38. The van der Waals surface area contributed by atoms with E-state index in [-0.39, 0.29) is 16.2 Å². The van der Waals surface area contributed by atoms with Gasteiger partial charge >= 0.3 is 6.18 Å². The summed E-state index contributed by atoms with van der Waals surface area (Å²) in [6.07, 6.45) is -5.10. The summed E-state index contributed by atoms with van der Waals surface area (Å²) in [6, 6.07) is 5.89. The van der Waals surface area contributed by atoms with Crippen molar-refractivity contribution in [2.75, 3.05) is 25.5 Å². The number of allylic oxidation sites excluding steroid dienone is 1. The fourth-order valence-electron chi connectivity index (χ4n) is 3.15. The van der Waals surface area contributed by atoms with Gasteiger partial charge in [-0.3, -0.25) is 0 Å². The lowest BCUT2D eigenvalue weighted by Gasteiger charge is -2.33. The van der Waals surface area contributed by atoms with E-state index in [4.69, 9.17) is 11.6 Å². The standard InChI is InChI=1S/C18H18ClF4N3/c1-10(18(21,22)23)17-11-4-3-5-14(12(11)8-16(19)25-17)24-15-6-7-26(2)9-13(15)20/h3-5,8,13,15,24H,1,6-7,9H2,2H3/t13-,15?/m0/s1. The number of hydrogen-bond donors (Lipinski definition) is 1. The van der Waals surface area contributed by atoms with Crippen molar-refractivity contribution in [3.63, 3.8) is 0 Å². The highest BCUT2D eigenvalue weighted by Gasteiger charge is 2.35. The summed E-state index contributed by atoms with van der Waals surface area (Å²) in [5.41, 5.74) is -0.853. The van der Waals surface area contributed by atoms with Crippen LogP contribution in [0.5, 0.6) is 0 Å². The van der Waals surface area contributed by atoms with Crippen molar-refractivity contribution in [1.82, 2.24) is 9.88 Å². The van der Waals surface area contributed by atoms with E-state index in [0.717, 1.165) is 6.54 Å². The van der Waals surface area contributed by atoms with Crippen LogP contribution in [0.2, 0.25) is 5.15 Å². The minimum atomic E-state index is -4.62. The molecule has 8 heteroatoms. The lowest BCUT2D eigenvalue weighted by Crippen LogP contribution is -2.46. The maximum Gasteiger partial charge on any atom is 0.417 e. The van der Waals surface area contributed by atoms with Crippen molar-refractivity contribution in [2.24, 2.45) is 0 Å². The van der Waals surface area contributed by atoms with E-state index in [1.54, 1.807) is 12.1 Å². The predicted octanol–water partition coefficient (Wildman–Crippen LogP) is 4.92. The molecule has 0 bridgehead atoms. The van der Waals surface area contributed by atoms with Gasteiger partial charge in [-0.1, -0.05) is 30.3 Å². The molecule has 3 nitrogen and oxygen atoms in total. The molecule has 26 heavy (non-hydrogen) atoms. The summed E-state index contributed by atoms with van der Waals surface area (Å²) in [6.45, 7) is 4.16. The fourth-order valence-corrected chi connectivity index (χ4v) is 3.35. The van der Waals surface area contributed by atoms with Gasteiger partial charge in [0.05, 0.1) is 17.3 Å². The summed E-state index contributed by atoms with van der Waals surface area (Å²) < 4.78 is 53.6. The first-order valence-electron chi connectivity index (χ1n) is 8.11. The van der Waals surface area contributed by atoms with Crippen LogP contribution in [0.15, 0.2) is 30.8 Å². The molecule has 1 saturated heterocycles. The maximum absolute atomic E-state index is 14.3. The number of anilines is 1. The van der Waals surface area contributed by atoms with Crippen molar-refractivity contribution in [3.05, 3.63) is 41.7 Å². The number of likely N-dealkylation sites (tertiary alicyclic amines) is 1. The van der Waals surface area contributed by atoms with Gasteiger partial charge in [0.1, 0.15) is 11.3 Å². The quantitative estimate of drug-likeness (QED) is 0.598. The number of nitrogens with zero attached hydrogens (tertiary/aromatic N) is 2. The number of aromatic nitrogens is 1. The van der Waals surface area contributed by atoms with Gasteiger partial charge in [0.25, 0.3) is 0 Å². The Labute approximate surface area is 153 Å². The molecule has 2 heterocycles. The van der Waals surface area contributed by atoms with Gasteiger partial charge < -0.3 is 10.2 Å². The van der Waals surface area contributed by atoms with Crippen molar-refractivity contribution in [2.45, 2.75) is 24.8 Å². The van der Waals surface area contributed by atoms with E-state index in [0.29, 0.717) is 24.0 Å². The molecule has 1 aromatic heterocycles. The van der Waals surface area contributed by atoms with Crippen molar-refractivity contribution in [1.29, 1.82) is 0 Å². The molecule has 2 atom stereocenters. The highest BCUT2D eigenvalue weighted by atomic mass is 35.5. The molecule has 0 amide bonds. The number of nitrogens with one attached hydrogen (secondary N) is 1. The van der Waals surface area contributed by atoms with E-state index in [9.17, 15) is 17.6 Å². The van der Waals surface area contributed by atoms with E-state index in [1.807, 2.05) is 11.9 Å². The molecule has 1 aromatic carbocycles. The topological polar surface area (TPSA) is 28.2 Å². The molecule has 3 rings (SSSR count). The zero-order chi connectivity index (χ0) is 19.1. The minimum absolute atomic E-state index is 0.0766. The summed E-state index contributed by atoms with van der Waals surface area (Å²) >= 11 is 5.95. The van der Waals surface area contributed by atoms with Gasteiger partial charge in [0.15, 0.2) is 0 Å². The second-order valence-corrected chi connectivity index (χ2v) is 6.88. The number of fused-ring (bicyclic) bond motifs is 1. The average molecular weight is 388 g/mol. The molecule has 2 aromatic rings. The number of hydrogen-bond acceptors (Lipinski definition) is 3. The second kappa shape index (κ2) is 7.04. The summed E-state index contributed by atoms with van der Waals surface area (Å²) in [5.74, 6) is 0. The number of piperidine rings is 1. The number of pyridine rings is 1. The summed E-state index contributed by atoms with van der Waals surface area (Å²) in [4.78, 5) is 5.72. The summed E-state index contributed by atoms with van der Waals surface area (Å²) in [5, 5.41) is 3.78. The molecule has 0 spiro atoms. The van der Waals surface area contributed by atoms with Crippen molar-refractivity contribution < 1.29 is 17.6 Å². The molecule has 1 aliphatic heterocycles. The van der Waals surface area contributed by atoms with Gasteiger partial charge in [-0.25, -0.2) is 9.37 Å². The third-order valence-corrected chi connectivity index (χ3v) is 4.75. The molecule has 140 valence electrons. The molecule has 0 radical (unpaired) electrons. The normalized spacial score (nSPS) is 21.8. The highest BCUT2D eigenvalue weighted by molar-refractivity contribution is 6.30. The van der Waals surface area contributed by atoms with Crippen molar-refractivity contribution >= 4 is 33.6 Å². The van der Waals surface area contributed by atoms with Crippen LogP contribution in [-0.2, 0) is 0 Å². The zero-order valence-corrected chi connectivity index (χ0v) is 14.8. The van der Waals surface area contributed by atoms with Gasteiger partial charge in [-0.2, -0.15) is 13.2 Å². The zero-order valence-electron chi connectivity index (χ0n) is 14.1. The van der Waals surface area contributed by atoms with Gasteiger partial charge in [-0.05, 0) is 25.6 Å². The number of alkyl halides is 4. The molecule has 0 aliphatic carbocycles. The Morgan fingerprint density at radius 2 is 2.08 bits per heavy atom. The average Bonchev–Trinajstić information content (AvgIpc) is 2.55. The SMILES string of the molecule is C=C(c1nc(Cl)cc2c(NC3CCN(C)C[C@@H]3F)cccc12)C(F)(F)F. The van der Waals surface area contributed by atoms with Crippen molar-refractivity contribution in [3.8, 4) is 0 Å². The Balaban J connectivity index is 2.03. The van der Waals surface area contributed by atoms with E-state index >= 15 is 0 Å². The number of benzene rings is 1. The third kappa shape index (κ3) is 3.78. The molecular formula is C18H18ClF4N3. The Hall–Kier alpha value is -1.86. The molecule has 1 aliphatic rings. The first-order chi connectivity index (χ1) is 12.2. The van der Waals surface area contributed by atoms with Gasteiger partial charge in [0, 0.05) is 29.5 Å². The minimum Gasteiger partial charge on any atom is -0.379 e. The Bertz CT molecular complexity index is 837. The Morgan fingerprint density at radius 3 is 2.73 bits per heavy atom. The Kier molecular flexibility index (Phi) is 5.12. The van der Waals surface area contributed by atoms with Gasteiger partial charge in [0.2, 0.25) is 0 Å². The van der Waals surface area contributed by atoms with Gasteiger partial charge in [-0.15, -0.1) is 0 Å². The smallest absolute Gasteiger partial charge is 0.379 e. The predicted molar refractivity (Wildman–Crippen MR) is 96.3 cm³/mol. The maximum atomic E-state index is 14.3. The molecule has 1 unspecified atom stereocenters. The fraction of sp³-hybridized carbons (Fsp3) is 0.389. The van der Waals surface area contributed by atoms with E-state index < -0.39 is 24.0 Å². The lowest BCUT2D eigenvalue weighted by molar-refractivity contribution is -0.0688. The third-order valence-electron chi connectivity index (χ3n) is 4.56. The van der Waals surface area contributed by atoms with Crippen LogP contribution in [0.25, 0.3) is 16.3 Å². The van der Waals surface area contributed by atoms with Crippen LogP contribution in [0.1, 0.15) is 12.1 Å². The molecule has 1 fully saturated rings. The van der Waals surface area contributed by atoms with Crippen LogP contribution in [0.3, 0.4) is 0 Å². The number of rotatable bonds is 3. The molecular weight excluding hydrogens is 370 g/mol.